The summed E-state index contributed by atoms with van der Waals surface area (Å²) in [4.78, 5) is 8.94. The Hall–Kier alpha value is -1.67. The fourth-order valence-corrected chi connectivity index (χ4v) is 3.27. The molecule has 128 valence electrons. The largest absolute Gasteiger partial charge is 0.354 e. The molecule has 2 fully saturated rings. The standard InChI is InChI=1S/C16H22BrN7/c17-12-9-20-16(19-8-10-3-5-18-6-4-10)22-15(12)21-14-7-13(23-24-14)11-1-2-11/h7,9-11,18H,1-6,8H2,(H3,19,20,21,22,23,24). The van der Waals surface area contributed by atoms with Gasteiger partial charge in [-0.2, -0.15) is 10.1 Å². The summed E-state index contributed by atoms with van der Waals surface area (Å²) in [5.74, 6) is 3.57. The molecule has 0 atom stereocenters. The normalized spacial score (nSPS) is 18.5. The number of piperidine rings is 1. The molecule has 1 saturated heterocycles. The molecule has 8 heteroatoms. The third-order valence-electron chi connectivity index (χ3n) is 4.60. The van der Waals surface area contributed by atoms with E-state index in [2.05, 4.69) is 58.1 Å². The van der Waals surface area contributed by atoms with Gasteiger partial charge in [-0.25, -0.2) is 4.98 Å². The monoisotopic (exact) mass is 391 g/mol. The Morgan fingerprint density at radius 3 is 2.83 bits per heavy atom. The molecule has 4 rings (SSSR count). The number of hydrogen-bond donors (Lipinski definition) is 4. The SMILES string of the molecule is Brc1cnc(NCC2CCNCC2)nc1Nc1cc(C2CC2)n[nH]1. The number of H-pyrrole nitrogens is 1. The van der Waals surface area contributed by atoms with Gasteiger partial charge in [-0.15, -0.1) is 0 Å². The van der Waals surface area contributed by atoms with Crippen LogP contribution < -0.4 is 16.0 Å². The van der Waals surface area contributed by atoms with Crippen LogP contribution >= 0.6 is 15.9 Å². The Kier molecular flexibility index (Phi) is 4.66. The lowest BCUT2D eigenvalue weighted by molar-refractivity contribution is 0.389. The average Bonchev–Trinajstić information content (AvgIpc) is 3.36. The zero-order valence-electron chi connectivity index (χ0n) is 13.5. The molecule has 0 bridgehead atoms. The van der Waals surface area contributed by atoms with E-state index >= 15 is 0 Å². The highest BCUT2D eigenvalue weighted by Crippen LogP contribution is 2.39. The molecule has 0 radical (unpaired) electrons. The van der Waals surface area contributed by atoms with Gasteiger partial charge in [-0.1, -0.05) is 0 Å². The van der Waals surface area contributed by atoms with E-state index in [9.17, 15) is 0 Å². The molecule has 0 unspecified atom stereocenters. The zero-order chi connectivity index (χ0) is 16.4. The summed E-state index contributed by atoms with van der Waals surface area (Å²) < 4.78 is 0.831. The van der Waals surface area contributed by atoms with E-state index in [0.29, 0.717) is 17.8 Å². The molecule has 1 aliphatic heterocycles. The molecule has 0 amide bonds. The summed E-state index contributed by atoms with van der Waals surface area (Å²) in [5, 5.41) is 17.4. The maximum Gasteiger partial charge on any atom is 0.224 e. The number of rotatable bonds is 6. The van der Waals surface area contributed by atoms with Crippen molar-refractivity contribution in [3.05, 3.63) is 22.4 Å². The average molecular weight is 392 g/mol. The third kappa shape index (κ3) is 3.87. The van der Waals surface area contributed by atoms with Gasteiger partial charge < -0.3 is 16.0 Å². The minimum Gasteiger partial charge on any atom is -0.354 e. The molecule has 0 aromatic carbocycles. The number of aromatic nitrogens is 4. The number of anilines is 3. The molecule has 1 aliphatic carbocycles. The topological polar surface area (TPSA) is 90.6 Å². The second kappa shape index (κ2) is 7.06. The van der Waals surface area contributed by atoms with Gasteiger partial charge in [0, 0.05) is 24.7 Å². The van der Waals surface area contributed by atoms with Gasteiger partial charge in [0.1, 0.15) is 5.82 Å². The van der Waals surface area contributed by atoms with E-state index in [1.807, 2.05) is 0 Å². The van der Waals surface area contributed by atoms with Crippen LogP contribution in [0, 0.1) is 5.92 Å². The summed E-state index contributed by atoms with van der Waals surface area (Å²) >= 11 is 3.51. The van der Waals surface area contributed by atoms with Crippen molar-refractivity contribution in [2.75, 3.05) is 30.3 Å². The number of nitrogens with one attached hydrogen (secondary N) is 4. The molecule has 3 heterocycles. The van der Waals surface area contributed by atoms with Crippen LogP contribution in [-0.2, 0) is 0 Å². The number of aromatic amines is 1. The minimum atomic E-state index is 0.632. The molecule has 7 nitrogen and oxygen atoms in total. The van der Waals surface area contributed by atoms with E-state index in [-0.39, 0.29) is 0 Å². The lowest BCUT2D eigenvalue weighted by Crippen LogP contribution is -2.31. The molecule has 2 aromatic heterocycles. The van der Waals surface area contributed by atoms with Crippen LogP contribution in [0.25, 0.3) is 0 Å². The van der Waals surface area contributed by atoms with Crippen molar-refractivity contribution in [3.8, 4) is 0 Å². The fourth-order valence-electron chi connectivity index (χ4n) is 2.98. The van der Waals surface area contributed by atoms with Crippen LogP contribution in [0.5, 0.6) is 0 Å². The van der Waals surface area contributed by atoms with Crippen LogP contribution in [0.3, 0.4) is 0 Å². The van der Waals surface area contributed by atoms with Crippen molar-refractivity contribution in [2.45, 2.75) is 31.6 Å². The van der Waals surface area contributed by atoms with Gasteiger partial charge in [-0.05, 0) is 60.6 Å². The van der Waals surface area contributed by atoms with Crippen molar-refractivity contribution in [2.24, 2.45) is 5.92 Å². The Bertz CT molecular complexity index is 691. The number of halogens is 1. The van der Waals surface area contributed by atoms with E-state index in [1.165, 1.54) is 25.7 Å². The van der Waals surface area contributed by atoms with Gasteiger partial charge in [0.15, 0.2) is 5.82 Å². The highest BCUT2D eigenvalue weighted by atomic mass is 79.9. The number of nitrogens with zero attached hydrogens (tertiary/aromatic N) is 3. The van der Waals surface area contributed by atoms with Crippen LogP contribution in [0.4, 0.5) is 17.6 Å². The highest BCUT2D eigenvalue weighted by molar-refractivity contribution is 9.10. The number of hydrogen-bond acceptors (Lipinski definition) is 6. The lowest BCUT2D eigenvalue weighted by atomic mass is 9.98. The van der Waals surface area contributed by atoms with Gasteiger partial charge in [0.25, 0.3) is 0 Å². The summed E-state index contributed by atoms with van der Waals surface area (Å²) in [6.07, 6.45) is 6.66. The van der Waals surface area contributed by atoms with Crippen LogP contribution in [0.15, 0.2) is 16.7 Å². The van der Waals surface area contributed by atoms with Gasteiger partial charge in [0.2, 0.25) is 5.95 Å². The first-order chi connectivity index (χ1) is 11.8. The fraction of sp³-hybridized carbons (Fsp3) is 0.562. The van der Waals surface area contributed by atoms with E-state index in [4.69, 9.17) is 0 Å². The maximum absolute atomic E-state index is 4.58. The highest BCUT2D eigenvalue weighted by Gasteiger charge is 2.26. The maximum atomic E-state index is 4.58. The predicted molar refractivity (Wildman–Crippen MR) is 97.7 cm³/mol. The first-order valence-electron chi connectivity index (χ1n) is 8.57. The van der Waals surface area contributed by atoms with Crippen molar-refractivity contribution in [1.82, 2.24) is 25.5 Å². The van der Waals surface area contributed by atoms with Gasteiger partial charge in [0.05, 0.1) is 10.2 Å². The summed E-state index contributed by atoms with van der Waals surface area (Å²) in [7, 11) is 0. The second-order valence-electron chi connectivity index (χ2n) is 6.57. The van der Waals surface area contributed by atoms with Crippen LogP contribution in [0.1, 0.15) is 37.3 Å². The van der Waals surface area contributed by atoms with E-state index < -0.39 is 0 Å². The molecule has 2 aliphatic rings. The third-order valence-corrected chi connectivity index (χ3v) is 5.18. The molecule has 1 saturated carbocycles. The summed E-state index contributed by atoms with van der Waals surface area (Å²) in [5.41, 5.74) is 1.13. The Balaban J connectivity index is 1.40. The summed E-state index contributed by atoms with van der Waals surface area (Å²) in [6, 6.07) is 2.06. The predicted octanol–water partition coefficient (Wildman–Crippen LogP) is 2.99. The Morgan fingerprint density at radius 1 is 1.21 bits per heavy atom. The molecule has 2 aromatic rings. The van der Waals surface area contributed by atoms with Crippen LogP contribution in [-0.4, -0.2) is 39.8 Å². The molecule has 0 spiro atoms. The van der Waals surface area contributed by atoms with Gasteiger partial charge >= 0.3 is 0 Å². The van der Waals surface area contributed by atoms with Crippen molar-refractivity contribution in [3.63, 3.8) is 0 Å². The summed E-state index contributed by atoms with van der Waals surface area (Å²) in [6.45, 7) is 3.12. The second-order valence-corrected chi connectivity index (χ2v) is 7.42. The van der Waals surface area contributed by atoms with Crippen molar-refractivity contribution < 1.29 is 0 Å². The first-order valence-corrected chi connectivity index (χ1v) is 9.36. The quantitative estimate of drug-likeness (QED) is 0.604. The van der Waals surface area contributed by atoms with E-state index in [0.717, 1.165) is 41.4 Å². The van der Waals surface area contributed by atoms with Crippen LogP contribution in [0.2, 0.25) is 0 Å². The molecular weight excluding hydrogens is 370 g/mol. The molecular formula is C16H22BrN7. The van der Waals surface area contributed by atoms with Crippen molar-refractivity contribution in [1.29, 1.82) is 0 Å². The lowest BCUT2D eigenvalue weighted by Gasteiger charge is -2.22. The molecule has 4 N–H and O–H groups in total. The van der Waals surface area contributed by atoms with E-state index in [1.54, 1.807) is 6.20 Å². The van der Waals surface area contributed by atoms with Crippen molar-refractivity contribution >= 4 is 33.5 Å². The minimum absolute atomic E-state index is 0.632. The Morgan fingerprint density at radius 2 is 2.04 bits per heavy atom. The first kappa shape index (κ1) is 15.8. The smallest absolute Gasteiger partial charge is 0.224 e. The Labute approximate surface area is 149 Å². The van der Waals surface area contributed by atoms with Gasteiger partial charge in [-0.3, -0.25) is 5.10 Å². The zero-order valence-corrected chi connectivity index (χ0v) is 15.1. The molecule has 24 heavy (non-hydrogen) atoms.